The van der Waals surface area contributed by atoms with Crippen molar-refractivity contribution in [1.29, 1.82) is 0 Å². The van der Waals surface area contributed by atoms with Gasteiger partial charge in [-0.25, -0.2) is 29.3 Å². The molecular formula is C14H18N7O8P. The van der Waals surface area contributed by atoms with Crippen LogP contribution < -0.4 is 5.73 Å². The maximum atomic E-state index is 10.7. The minimum atomic E-state index is -4.62. The van der Waals surface area contributed by atoms with Crippen molar-refractivity contribution in [2.75, 3.05) is 12.3 Å². The van der Waals surface area contributed by atoms with E-state index in [-0.39, 0.29) is 18.1 Å². The molecule has 1 saturated heterocycles. The summed E-state index contributed by atoms with van der Waals surface area (Å²) in [5.74, 6) is -0.830. The Hall–Kier alpha value is -2.94. The Morgan fingerprint density at radius 3 is 2.73 bits per heavy atom. The first-order chi connectivity index (χ1) is 14.2. The lowest BCUT2D eigenvalue weighted by Gasteiger charge is -2.16. The molecule has 0 saturated carbocycles. The van der Waals surface area contributed by atoms with Crippen LogP contribution >= 0.6 is 7.82 Å². The number of aliphatic hydroxyl groups is 1. The second kappa shape index (κ2) is 8.83. The highest BCUT2D eigenvalue weighted by Crippen LogP contribution is 2.38. The molecule has 0 spiro atoms. The molecule has 3 aromatic rings. The summed E-state index contributed by atoms with van der Waals surface area (Å²) in [6.45, 7) is -0.425. The quantitative estimate of drug-likeness (QED) is 0.267. The number of nitrogens with one attached hydrogen (secondary N) is 1. The maximum absolute atomic E-state index is 10.7. The first kappa shape index (κ1) is 21.8. The van der Waals surface area contributed by atoms with Gasteiger partial charge in [-0.2, -0.15) is 0 Å². The number of anilines is 1. The van der Waals surface area contributed by atoms with Gasteiger partial charge in [0, 0.05) is 18.8 Å². The smallest absolute Gasteiger partial charge is 0.469 e. The number of carboxylic acids is 1. The van der Waals surface area contributed by atoms with E-state index in [2.05, 4.69) is 29.4 Å². The molecule has 7 N–H and O–H groups in total. The highest BCUT2D eigenvalue weighted by molar-refractivity contribution is 7.46. The number of phosphoric ester groups is 1. The summed E-state index contributed by atoms with van der Waals surface area (Å²) in [4.78, 5) is 45.2. The Morgan fingerprint density at radius 2 is 2.13 bits per heavy atom. The summed E-state index contributed by atoms with van der Waals surface area (Å²) in [5.41, 5.74) is 6.55. The van der Waals surface area contributed by atoms with Crippen molar-refractivity contribution in [3.05, 3.63) is 30.9 Å². The normalized spacial score (nSPS) is 21.4. The van der Waals surface area contributed by atoms with Crippen LogP contribution in [0.2, 0.25) is 0 Å². The lowest BCUT2D eigenvalue weighted by atomic mass is 10.2. The van der Waals surface area contributed by atoms with Crippen LogP contribution in [0, 0.1) is 0 Å². The molecule has 0 bridgehead atoms. The van der Waals surface area contributed by atoms with E-state index in [1.54, 1.807) is 4.57 Å². The zero-order valence-electron chi connectivity index (χ0n) is 15.1. The zero-order chi connectivity index (χ0) is 21.9. The van der Waals surface area contributed by atoms with Crippen LogP contribution in [-0.2, 0) is 13.8 Å². The third-order valence-electron chi connectivity index (χ3n) is 4.01. The second-order valence-corrected chi connectivity index (χ2v) is 7.28. The summed E-state index contributed by atoms with van der Waals surface area (Å²) in [5, 5.41) is 18.1. The number of nitrogens with two attached hydrogens (primary N) is 1. The van der Waals surface area contributed by atoms with Gasteiger partial charge in [0.1, 0.15) is 24.2 Å². The van der Waals surface area contributed by atoms with Crippen LogP contribution in [0.25, 0.3) is 11.2 Å². The number of aromatic nitrogens is 6. The van der Waals surface area contributed by atoms with Crippen molar-refractivity contribution in [1.82, 2.24) is 29.5 Å². The number of fused-ring (bicyclic) bond motifs is 1. The number of hydrogen-bond donors (Lipinski definition) is 6. The highest BCUT2D eigenvalue weighted by atomic mass is 31.2. The Balaban J connectivity index is 0.000000269. The number of ether oxygens (including phenoxy) is 1. The van der Waals surface area contributed by atoms with Gasteiger partial charge in [-0.1, -0.05) is 0 Å². The van der Waals surface area contributed by atoms with E-state index in [0.29, 0.717) is 11.2 Å². The average Bonchev–Trinajstić information content (AvgIpc) is 3.40. The molecule has 30 heavy (non-hydrogen) atoms. The molecule has 0 amide bonds. The number of nitrogen functional groups attached to an aromatic ring is 1. The van der Waals surface area contributed by atoms with Crippen molar-refractivity contribution in [3.8, 4) is 0 Å². The van der Waals surface area contributed by atoms with Crippen molar-refractivity contribution in [2.45, 2.75) is 24.9 Å². The number of carboxylic acid groups (broad SMARTS) is 1. The molecule has 0 unspecified atom stereocenters. The third-order valence-corrected chi connectivity index (χ3v) is 4.49. The number of phosphoric acid groups is 1. The molecule has 4 heterocycles. The summed E-state index contributed by atoms with van der Waals surface area (Å²) in [6.07, 6.45) is 3.40. The molecule has 4 rings (SSSR count). The van der Waals surface area contributed by atoms with E-state index in [0.717, 1.165) is 0 Å². The number of rotatable bonds is 5. The van der Waals surface area contributed by atoms with E-state index in [1.807, 2.05) is 0 Å². The number of nitrogens with zero attached hydrogens (tertiary/aromatic N) is 5. The maximum Gasteiger partial charge on any atom is 0.469 e. The fraction of sp³-hybridized carbons (Fsp3) is 0.357. The fourth-order valence-corrected chi connectivity index (χ4v) is 3.01. The van der Waals surface area contributed by atoms with Crippen molar-refractivity contribution < 1.29 is 38.6 Å². The van der Waals surface area contributed by atoms with Crippen molar-refractivity contribution in [3.63, 3.8) is 0 Å². The van der Waals surface area contributed by atoms with Gasteiger partial charge >= 0.3 is 13.8 Å². The minimum Gasteiger partial charge on any atom is -0.475 e. The highest BCUT2D eigenvalue weighted by Gasteiger charge is 2.37. The monoisotopic (exact) mass is 443 g/mol. The predicted octanol–water partition coefficient (Wildman–Crippen LogP) is -0.726. The van der Waals surface area contributed by atoms with Gasteiger partial charge in [0.15, 0.2) is 11.5 Å². The van der Waals surface area contributed by atoms with Crippen LogP contribution in [0.4, 0.5) is 5.82 Å². The van der Waals surface area contributed by atoms with Crippen molar-refractivity contribution >= 4 is 30.8 Å². The van der Waals surface area contributed by atoms with Gasteiger partial charge in [-0.15, -0.1) is 0 Å². The summed E-state index contributed by atoms with van der Waals surface area (Å²) in [6, 6.07) is 0. The average molecular weight is 443 g/mol. The SMILES string of the molecule is Nc1ncnc2c1ncn2[C@H]1C[C@H](O)[C@@H](COP(=O)(O)O)O1.O=C(O)c1ncc[nH]1. The fourth-order valence-electron chi connectivity index (χ4n) is 2.67. The standard InChI is InChI=1S/C10H14N5O6P.C4H4N2O2/c11-9-8-10(13-3-12-9)15(4-14-8)7-1-5(16)6(21-7)2-20-22(17,18)19;7-4(8)3-5-1-2-6-3/h3-7,16H,1-2H2,(H2,11,12,13)(H2,17,18,19);1-2H,(H,5,6)(H,7,8)/t5-,6+,7+;/m0./s1. The topological polar surface area (TPSA) is 232 Å². The molecule has 3 aromatic heterocycles. The number of aromatic carboxylic acids is 1. The lowest BCUT2D eigenvalue weighted by Crippen LogP contribution is -2.25. The molecule has 0 aromatic carbocycles. The van der Waals surface area contributed by atoms with Gasteiger partial charge in [0.25, 0.3) is 0 Å². The molecule has 0 aliphatic carbocycles. The number of H-pyrrole nitrogens is 1. The Bertz CT molecular complexity index is 1050. The van der Waals surface area contributed by atoms with Crippen LogP contribution in [0.3, 0.4) is 0 Å². The van der Waals surface area contributed by atoms with E-state index >= 15 is 0 Å². The summed E-state index contributed by atoms with van der Waals surface area (Å²) < 4.78 is 22.2. The molecular weight excluding hydrogens is 425 g/mol. The number of aliphatic hydroxyl groups excluding tert-OH is 1. The van der Waals surface area contributed by atoms with E-state index in [9.17, 15) is 14.5 Å². The van der Waals surface area contributed by atoms with E-state index in [4.69, 9.17) is 25.4 Å². The first-order valence-electron chi connectivity index (χ1n) is 8.35. The number of carbonyl (C=O) groups is 1. The molecule has 15 nitrogen and oxygen atoms in total. The van der Waals surface area contributed by atoms with Gasteiger partial charge in [-0.3, -0.25) is 9.09 Å². The van der Waals surface area contributed by atoms with Crippen LogP contribution in [0.5, 0.6) is 0 Å². The Labute approximate surface area is 167 Å². The number of aromatic amines is 1. The van der Waals surface area contributed by atoms with Crippen molar-refractivity contribution in [2.24, 2.45) is 0 Å². The minimum absolute atomic E-state index is 0.0231. The second-order valence-electron chi connectivity index (χ2n) is 6.04. The molecule has 162 valence electrons. The summed E-state index contributed by atoms with van der Waals surface area (Å²) in [7, 11) is -4.62. The van der Waals surface area contributed by atoms with Crippen LogP contribution in [-0.4, -0.2) is 74.3 Å². The van der Waals surface area contributed by atoms with Gasteiger partial charge in [0.05, 0.1) is 19.0 Å². The zero-order valence-corrected chi connectivity index (χ0v) is 16.0. The van der Waals surface area contributed by atoms with E-state index < -0.39 is 38.8 Å². The molecule has 0 radical (unpaired) electrons. The molecule has 1 fully saturated rings. The van der Waals surface area contributed by atoms with Gasteiger partial charge in [0.2, 0.25) is 5.82 Å². The molecule has 1 aliphatic heterocycles. The predicted molar refractivity (Wildman–Crippen MR) is 97.8 cm³/mol. The Kier molecular flexibility index (Phi) is 6.40. The van der Waals surface area contributed by atoms with Gasteiger partial charge in [-0.05, 0) is 0 Å². The number of imidazole rings is 2. The summed E-state index contributed by atoms with van der Waals surface area (Å²) >= 11 is 0. The Morgan fingerprint density at radius 1 is 1.37 bits per heavy atom. The first-order valence-corrected chi connectivity index (χ1v) is 9.88. The van der Waals surface area contributed by atoms with E-state index in [1.165, 1.54) is 25.0 Å². The van der Waals surface area contributed by atoms with Crippen LogP contribution in [0.15, 0.2) is 25.0 Å². The lowest BCUT2D eigenvalue weighted by molar-refractivity contribution is -0.0424. The molecule has 1 aliphatic rings. The largest absolute Gasteiger partial charge is 0.475 e. The third kappa shape index (κ3) is 5.15. The molecule has 3 atom stereocenters. The number of hydrogen-bond acceptors (Lipinski definition) is 10. The molecule has 16 heteroatoms. The van der Waals surface area contributed by atoms with Crippen LogP contribution in [0.1, 0.15) is 23.3 Å². The van der Waals surface area contributed by atoms with Gasteiger partial charge < -0.3 is 35.5 Å².